The van der Waals surface area contributed by atoms with Gasteiger partial charge in [0.15, 0.2) is 0 Å². The van der Waals surface area contributed by atoms with Crippen LogP contribution in [-0.2, 0) is 6.42 Å². The minimum Gasteiger partial charge on any atom is -0.316 e. The predicted octanol–water partition coefficient (Wildman–Crippen LogP) is 4.88. The SMILES string of the molecule is CCc1ccccc1NC(=O)Sc1cccc(C)c1. The molecular formula is C16H17NOS. The van der Waals surface area contributed by atoms with Crippen LogP contribution in [0.4, 0.5) is 10.5 Å². The molecule has 2 rings (SSSR count). The van der Waals surface area contributed by atoms with E-state index < -0.39 is 0 Å². The van der Waals surface area contributed by atoms with Crippen molar-refractivity contribution < 1.29 is 4.79 Å². The van der Waals surface area contributed by atoms with Crippen LogP contribution in [0, 0.1) is 6.92 Å². The summed E-state index contributed by atoms with van der Waals surface area (Å²) in [6.07, 6.45) is 0.908. The first-order valence-electron chi connectivity index (χ1n) is 6.32. The average molecular weight is 271 g/mol. The molecule has 1 amide bonds. The maximum absolute atomic E-state index is 12.0. The van der Waals surface area contributed by atoms with Crippen molar-refractivity contribution >= 4 is 22.7 Å². The molecule has 0 bridgehead atoms. The molecule has 0 aromatic heterocycles. The van der Waals surface area contributed by atoms with Crippen molar-refractivity contribution in [3.63, 3.8) is 0 Å². The Morgan fingerprint density at radius 2 is 1.95 bits per heavy atom. The lowest BCUT2D eigenvalue weighted by atomic mass is 10.1. The number of para-hydroxylation sites is 1. The topological polar surface area (TPSA) is 29.1 Å². The summed E-state index contributed by atoms with van der Waals surface area (Å²) in [6, 6.07) is 15.8. The van der Waals surface area contributed by atoms with Gasteiger partial charge in [-0.25, -0.2) is 0 Å². The molecule has 0 atom stereocenters. The number of carbonyl (C=O) groups excluding carboxylic acids is 1. The number of aryl methyl sites for hydroxylation is 2. The first kappa shape index (κ1) is 13.7. The predicted molar refractivity (Wildman–Crippen MR) is 81.9 cm³/mol. The number of hydrogen-bond donors (Lipinski definition) is 1. The van der Waals surface area contributed by atoms with E-state index in [1.807, 2.05) is 55.5 Å². The molecule has 0 aliphatic carbocycles. The molecule has 0 spiro atoms. The second-order valence-electron chi connectivity index (χ2n) is 4.34. The van der Waals surface area contributed by atoms with Crippen LogP contribution < -0.4 is 5.32 Å². The maximum Gasteiger partial charge on any atom is 0.288 e. The van der Waals surface area contributed by atoms with E-state index in [0.717, 1.165) is 28.1 Å². The third-order valence-corrected chi connectivity index (χ3v) is 3.61. The monoisotopic (exact) mass is 271 g/mol. The molecule has 98 valence electrons. The number of benzene rings is 2. The molecule has 0 saturated heterocycles. The molecule has 0 unspecified atom stereocenters. The third kappa shape index (κ3) is 3.86. The van der Waals surface area contributed by atoms with Gasteiger partial charge in [0.2, 0.25) is 0 Å². The largest absolute Gasteiger partial charge is 0.316 e. The third-order valence-electron chi connectivity index (χ3n) is 2.84. The summed E-state index contributed by atoms with van der Waals surface area (Å²) in [5.74, 6) is 0. The van der Waals surface area contributed by atoms with E-state index in [0.29, 0.717) is 0 Å². The van der Waals surface area contributed by atoms with Gasteiger partial charge >= 0.3 is 0 Å². The molecule has 2 aromatic carbocycles. The van der Waals surface area contributed by atoms with E-state index in [9.17, 15) is 4.79 Å². The summed E-state index contributed by atoms with van der Waals surface area (Å²) in [6.45, 7) is 4.10. The van der Waals surface area contributed by atoms with Gasteiger partial charge in [0.05, 0.1) is 0 Å². The van der Waals surface area contributed by atoms with Crippen molar-refractivity contribution in [1.29, 1.82) is 0 Å². The van der Waals surface area contributed by atoms with Crippen LogP contribution in [0.5, 0.6) is 0 Å². The Balaban J connectivity index is 2.05. The van der Waals surface area contributed by atoms with E-state index in [2.05, 4.69) is 12.2 Å². The fourth-order valence-electron chi connectivity index (χ4n) is 1.87. The van der Waals surface area contributed by atoms with Crippen molar-refractivity contribution in [1.82, 2.24) is 0 Å². The van der Waals surface area contributed by atoms with Crippen molar-refractivity contribution in [2.75, 3.05) is 5.32 Å². The zero-order valence-electron chi connectivity index (χ0n) is 11.1. The molecule has 0 aliphatic heterocycles. The van der Waals surface area contributed by atoms with Gasteiger partial charge < -0.3 is 5.32 Å². The fraction of sp³-hybridized carbons (Fsp3) is 0.188. The number of nitrogens with one attached hydrogen (secondary N) is 1. The lowest BCUT2D eigenvalue weighted by Gasteiger charge is -2.09. The summed E-state index contributed by atoms with van der Waals surface area (Å²) in [7, 11) is 0. The van der Waals surface area contributed by atoms with E-state index >= 15 is 0 Å². The molecular weight excluding hydrogens is 254 g/mol. The quantitative estimate of drug-likeness (QED) is 0.806. The Bertz CT molecular complexity index is 580. The lowest BCUT2D eigenvalue weighted by Crippen LogP contribution is -2.06. The smallest absolute Gasteiger partial charge is 0.288 e. The molecule has 0 aliphatic rings. The zero-order valence-corrected chi connectivity index (χ0v) is 12.0. The number of amides is 1. The van der Waals surface area contributed by atoms with Crippen molar-refractivity contribution in [2.45, 2.75) is 25.2 Å². The standard InChI is InChI=1S/C16H17NOS/c1-3-13-8-4-5-10-15(13)17-16(18)19-14-9-6-7-12(2)11-14/h4-11H,3H2,1-2H3,(H,17,18). The van der Waals surface area contributed by atoms with Crippen LogP contribution in [-0.4, -0.2) is 5.24 Å². The summed E-state index contributed by atoms with van der Waals surface area (Å²) < 4.78 is 0. The second kappa shape index (κ2) is 6.43. The number of carbonyl (C=O) groups is 1. The highest BCUT2D eigenvalue weighted by atomic mass is 32.2. The first-order chi connectivity index (χ1) is 9.19. The van der Waals surface area contributed by atoms with Gasteiger partial charge in [-0.1, -0.05) is 42.8 Å². The number of anilines is 1. The summed E-state index contributed by atoms with van der Waals surface area (Å²) in [5.41, 5.74) is 3.21. The Morgan fingerprint density at radius 3 is 2.68 bits per heavy atom. The Hall–Kier alpha value is -1.74. The van der Waals surface area contributed by atoms with Crippen LogP contribution in [0.25, 0.3) is 0 Å². The molecule has 0 saturated carbocycles. The molecule has 0 radical (unpaired) electrons. The van der Waals surface area contributed by atoms with Gasteiger partial charge in [0.1, 0.15) is 0 Å². The average Bonchev–Trinajstić information content (AvgIpc) is 2.39. The zero-order chi connectivity index (χ0) is 13.7. The molecule has 0 heterocycles. The van der Waals surface area contributed by atoms with Gasteiger partial charge in [0, 0.05) is 10.6 Å². The highest BCUT2D eigenvalue weighted by Gasteiger charge is 2.07. The van der Waals surface area contributed by atoms with Gasteiger partial charge in [-0.15, -0.1) is 0 Å². The molecule has 3 heteroatoms. The van der Waals surface area contributed by atoms with Gasteiger partial charge in [0.25, 0.3) is 5.24 Å². The Kier molecular flexibility index (Phi) is 4.63. The van der Waals surface area contributed by atoms with Crippen molar-refractivity contribution in [2.24, 2.45) is 0 Å². The van der Waals surface area contributed by atoms with Gasteiger partial charge in [-0.3, -0.25) is 4.79 Å². The lowest BCUT2D eigenvalue weighted by molar-refractivity contribution is 0.269. The summed E-state index contributed by atoms with van der Waals surface area (Å²) in [4.78, 5) is 13.0. The molecule has 1 N–H and O–H groups in total. The highest BCUT2D eigenvalue weighted by Crippen LogP contribution is 2.23. The van der Waals surface area contributed by atoms with Crippen LogP contribution in [0.15, 0.2) is 53.4 Å². The van der Waals surface area contributed by atoms with Gasteiger partial charge in [-0.2, -0.15) is 0 Å². The van der Waals surface area contributed by atoms with E-state index in [-0.39, 0.29) is 5.24 Å². The fourth-order valence-corrected chi connectivity index (χ4v) is 2.64. The van der Waals surface area contributed by atoms with Crippen LogP contribution in [0.1, 0.15) is 18.1 Å². The summed E-state index contributed by atoms with van der Waals surface area (Å²) in [5, 5.41) is 2.90. The Morgan fingerprint density at radius 1 is 1.16 bits per heavy atom. The minimum absolute atomic E-state index is 0.0495. The van der Waals surface area contributed by atoms with Crippen molar-refractivity contribution in [3.8, 4) is 0 Å². The van der Waals surface area contributed by atoms with Crippen molar-refractivity contribution in [3.05, 3.63) is 59.7 Å². The number of rotatable bonds is 3. The van der Waals surface area contributed by atoms with E-state index in [1.165, 1.54) is 11.8 Å². The maximum atomic E-state index is 12.0. The van der Waals surface area contributed by atoms with E-state index in [1.54, 1.807) is 0 Å². The summed E-state index contributed by atoms with van der Waals surface area (Å²) >= 11 is 1.22. The van der Waals surface area contributed by atoms with Gasteiger partial charge in [-0.05, 0) is 48.9 Å². The first-order valence-corrected chi connectivity index (χ1v) is 7.14. The highest BCUT2D eigenvalue weighted by molar-refractivity contribution is 8.13. The number of thioether (sulfide) groups is 1. The van der Waals surface area contributed by atoms with Crippen LogP contribution in [0.3, 0.4) is 0 Å². The Labute approximate surface area is 118 Å². The number of hydrogen-bond acceptors (Lipinski definition) is 2. The molecule has 0 fully saturated rings. The van der Waals surface area contributed by atoms with Crippen LogP contribution in [0.2, 0.25) is 0 Å². The van der Waals surface area contributed by atoms with E-state index in [4.69, 9.17) is 0 Å². The normalized spacial score (nSPS) is 10.2. The van der Waals surface area contributed by atoms with Crippen LogP contribution >= 0.6 is 11.8 Å². The molecule has 2 aromatic rings. The molecule has 19 heavy (non-hydrogen) atoms. The second-order valence-corrected chi connectivity index (χ2v) is 5.39. The minimum atomic E-state index is -0.0495. The molecule has 2 nitrogen and oxygen atoms in total.